The van der Waals surface area contributed by atoms with E-state index in [1.807, 2.05) is 24.3 Å². The van der Waals surface area contributed by atoms with Gasteiger partial charge in [0.1, 0.15) is 0 Å². The van der Waals surface area contributed by atoms with Crippen molar-refractivity contribution in [3.63, 3.8) is 0 Å². The van der Waals surface area contributed by atoms with Crippen LogP contribution in [0.25, 0.3) is 0 Å². The first-order valence-corrected chi connectivity index (χ1v) is 5.81. The van der Waals surface area contributed by atoms with Crippen molar-refractivity contribution in [3.05, 3.63) is 35.4 Å². The maximum Gasteiger partial charge on any atom is 0.0991 e. The van der Waals surface area contributed by atoms with E-state index >= 15 is 0 Å². The molecule has 0 heterocycles. The molecule has 1 aromatic rings. The summed E-state index contributed by atoms with van der Waals surface area (Å²) in [5, 5.41) is 12.2. The molecule has 0 aliphatic carbocycles. The molecule has 86 valence electrons. The van der Waals surface area contributed by atoms with E-state index in [1.165, 1.54) is 18.4 Å². The normalized spacial score (nSPS) is 11.1. The van der Waals surface area contributed by atoms with Gasteiger partial charge in [0.15, 0.2) is 0 Å². The minimum atomic E-state index is 0.183. The van der Waals surface area contributed by atoms with E-state index in [-0.39, 0.29) is 5.54 Å². The van der Waals surface area contributed by atoms with E-state index in [9.17, 15) is 0 Å². The molecule has 0 saturated carbocycles. The Balaban J connectivity index is 2.52. The summed E-state index contributed by atoms with van der Waals surface area (Å²) >= 11 is 0. The molecule has 0 bridgehead atoms. The first-order valence-electron chi connectivity index (χ1n) is 5.81. The van der Waals surface area contributed by atoms with Crippen molar-refractivity contribution in [2.24, 2.45) is 0 Å². The second kappa shape index (κ2) is 5.67. The minimum absolute atomic E-state index is 0.183. The highest BCUT2D eigenvalue weighted by atomic mass is 14.9. The predicted molar refractivity (Wildman–Crippen MR) is 67.0 cm³/mol. The van der Waals surface area contributed by atoms with E-state index in [1.54, 1.807) is 0 Å². The summed E-state index contributed by atoms with van der Waals surface area (Å²) in [6.07, 6.45) is 2.36. The lowest BCUT2D eigenvalue weighted by Crippen LogP contribution is -2.38. The largest absolute Gasteiger partial charge is 0.308 e. The van der Waals surface area contributed by atoms with Gasteiger partial charge in [-0.25, -0.2) is 0 Å². The third-order valence-electron chi connectivity index (χ3n) is 2.73. The van der Waals surface area contributed by atoms with Crippen molar-refractivity contribution >= 4 is 0 Å². The van der Waals surface area contributed by atoms with E-state index in [4.69, 9.17) is 5.26 Å². The molecule has 0 unspecified atom stereocenters. The van der Waals surface area contributed by atoms with Crippen molar-refractivity contribution in [1.82, 2.24) is 5.32 Å². The van der Waals surface area contributed by atoms with Gasteiger partial charge >= 0.3 is 0 Å². The predicted octanol–water partition coefficient (Wildman–Crippen LogP) is 3.23. The average Bonchev–Trinajstić information content (AvgIpc) is 2.27. The summed E-state index contributed by atoms with van der Waals surface area (Å²) in [5.41, 5.74) is 2.13. The molecule has 1 N–H and O–H groups in total. The molecule has 0 amide bonds. The van der Waals surface area contributed by atoms with E-state index in [0.29, 0.717) is 0 Å². The maximum absolute atomic E-state index is 8.69. The molecule has 0 spiro atoms. The van der Waals surface area contributed by atoms with Gasteiger partial charge in [0.25, 0.3) is 0 Å². The highest BCUT2D eigenvalue weighted by molar-refractivity contribution is 5.31. The lowest BCUT2D eigenvalue weighted by atomic mass is 9.98. The van der Waals surface area contributed by atoms with Gasteiger partial charge in [-0.3, -0.25) is 0 Å². The van der Waals surface area contributed by atoms with Gasteiger partial charge in [-0.2, -0.15) is 5.26 Å². The zero-order valence-corrected chi connectivity index (χ0v) is 10.4. The third-order valence-corrected chi connectivity index (χ3v) is 2.73. The third kappa shape index (κ3) is 4.04. The van der Waals surface area contributed by atoms with E-state index < -0.39 is 0 Å². The maximum atomic E-state index is 8.69. The first-order chi connectivity index (χ1) is 7.57. The molecular weight excluding hydrogens is 196 g/mol. The summed E-state index contributed by atoms with van der Waals surface area (Å²) < 4.78 is 0. The van der Waals surface area contributed by atoms with Crippen LogP contribution < -0.4 is 5.32 Å². The molecule has 0 aliphatic heterocycles. The quantitative estimate of drug-likeness (QED) is 0.820. The van der Waals surface area contributed by atoms with Crippen molar-refractivity contribution in [2.45, 2.75) is 45.7 Å². The Labute approximate surface area is 98.3 Å². The fourth-order valence-corrected chi connectivity index (χ4v) is 1.75. The fourth-order valence-electron chi connectivity index (χ4n) is 1.75. The Hall–Kier alpha value is -1.33. The Morgan fingerprint density at radius 1 is 1.25 bits per heavy atom. The standard InChI is InChI=1S/C14H20N2/c1-4-9-14(2,3)16-11-13-7-5-12(10-15)6-8-13/h5-8,16H,4,9,11H2,1-3H3. The second-order valence-corrected chi connectivity index (χ2v) is 4.80. The number of nitrogens with zero attached hydrogens (tertiary/aromatic N) is 1. The van der Waals surface area contributed by atoms with Crippen LogP contribution in [-0.4, -0.2) is 5.54 Å². The zero-order valence-electron chi connectivity index (χ0n) is 10.4. The monoisotopic (exact) mass is 216 g/mol. The Bertz CT molecular complexity index is 357. The molecule has 1 rings (SSSR count). The highest BCUT2D eigenvalue weighted by Crippen LogP contribution is 2.12. The molecule has 2 nitrogen and oxygen atoms in total. The smallest absolute Gasteiger partial charge is 0.0991 e. The number of benzene rings is 1. The van der Waals surface area contributed by atoms with Crippen LogP contribution in [0.15, 0.2) is 24.3 Å². The second-order valence-electron chi connectivity index (χ2n) is 4.80. The summed E-state index contributed by atoms with van der Waals surface area (Å²) in [6.45, 7) is 7.50. The van der Waals surface area contributed by atoms with Crippen molar-refractivity contribution < 1.29 is 0 Å². The lowest BCUT2D eigenvalue weighted by Gasteiger charge is -2.25. The number of hydrogen-bond donors (Lipinski definition) is 1. The first kappa shape index (κ1) is 12.7. The number of nitrogens with one attached hydrogen (secondary N) is 1. The number of hydrogen-bond acceptors (Lipinski definition) is 2. The zero-order chi connectivity index (χ0) is 12.0. The molecule has 2 heteroatoms. The lowest BCUT2D eigenvalue weighted by molar-refractivity contribution is 0.357. The molecule has 0 aromatic heterocycles. The average molecular weight is 216 g/mol. The van der Waals surface area contributed by atoms with Crippen LogP contribution in [0.2, 0.25) is 0 Å². The van der Waals surface area contributed by atoms with Gasteiger partial charge in [-0.05, 0) is 38.0 Å². The van der Waals surface area contributed by atoms with Gasteiger partial charge in [0.2, 0.25) is 0 Å². The van der Waals surface area contributed by atoms with Crippen LogP contribution >= 0.6 is 0 Å². The van der Waals surface area contributed by atoms with Gasteiger partial charge in [-0.15, -0.1) is 0 Å². The Morgan fingerprint density at radius 3 is 2.38 bits per heavy atom. The summed E-state index contributed by atoms with van der Waals surface area (Å²) in [6, 6.07) is 9.87. The number of nitriles is 1. The fraction of sp³-hybridized carbons (Fsp3) is 0.500. The van der Waals surface area contributed by atoms with Gasteiger partial charge < -0.3 is 5.32 Å². The van der Waals surface area contributed by atoms with Crippen molar-refractivity contribution in [3.8, 4) is 6.07 Å². The van der Waals surface area contributed by atoms with Crippen LogP contribution in [0, 0.1) is 11.3 Å². The summed E-state index contributed by atoms with van der Waals surface area (Å²) in [7, 11) is 0. The topological polar surface area (TPSA) is 35.8 Å². The van der Waals surface area contributed by atoms with Crippen LogP contribution in [-0.2, 0) is 6.54 Å². The Kier molecular flexibility index (Phi) is 4.52. The molecule has 0 radical (unpaired) electrons. The van der Waals surface area contributed by atoms with Crippen LogP contribution in [0.5, 0.6) is 0 Å². The molecule has 0 atom stereocenters. The van der Waals surface area contributed by atoms with Gasteiger partial charge in [-0.1, -0.05) is 25.5 Å². The van der Waals surface area contributed by atoms with E-state index in [2.05, 4.69) is 32.2 Å². The molecule has 0 fully saturated rings. The Morgan fingerprint density at radius 2 is 1.88 bits per heavy atom. The van der Waals surface area contributed by atoms with Gasteiger partial charge in [0, 0.05) is 12.1 Å². The molecule has 1 aromatic carbocycles. The SMILES string of the molecule is CCCC(C)(C)NCc1ccc(C#N)cc1. The number of rotatable bonds is 5. The summed E-state index contributed by atoms with van der Waals surface area (Å²) in [4.78, 5) is 0. The van der Waals surface area contributed by atoms with Crippen LogP contribution in [0.4, 0.5) is 0 Å². The summed E-state index contributed by atoms with van der Waals surface area (Å²) in [5.74, 6) is 0. The highest BCUT2D eigenvalue weighted by Gasteiger charge is 2.14. The van der Waals surface area contributed by atoms with Crippen LogP contribution in [0.1, 0.15) is 44.7 Å². The van der Waals surface area contributed by atoms with Crippen molar-refractivity contribution in [2.75, 3.05) is 0 Å². The minimum Gasteiger partial charge on any atom is -0.308 e. The van der Waals surface area contributed by atoms with E-state index in [0.717, 1.165) is 12.1 Å². The van der Waals surface area contributed by atoms with Crippen molar-refractivity contribution in [1.29, 1.82) is 5.26 Å². The van der Waals surface area contributed by atoms with Crippen LogP contribution in [0.3, 0.4) is 0 Å². The molecular formula is C14H20N2. The van der Waals surface area contributed by atoms with Gasteiger partial charge in [0.05, 0.1) is 11.6 Å². The molecule has 0 aliphatic rings. The molecule has 16 heavy (non-hydrogen) atoms. The molecule has 0 saturated heterocycles.